The molecule has 0 saturated carbocycles. The van der Waals surface area contributed by atoms with Gasteiger partial charge in [0, 0.05) is 57.3 Å². The zero-order valence-corrected chi connectivity index (χ0v) is 14.5. The first-order chi connectivity index (χ1) is 12.2. The molecule has 130 valence electrons. The zero-order valence-electron chi connectivity index (χ0n) is 14.5. The van der Waals surface area contributed by atoms with Crippen LogP contribution in [0.25, 0.3) is 5.82 Å². The molecule has 1 aliphatic heterocycles. The van der Waals surface area contributed by atoms with E-state index in [9.17, 15) is 0 Å². The Morgan fingerprint density at radius 1 is 1.04 bits per heavy atom. The van der Waals surface area contributed by atoms with E-state index in [0.29, 0.717) is 0 Å². The van der Waals surface area contributed by atoms with Gasteiger partial charge in [-0.05, 0) is 19.9 Å². The van der Waals surface area contributed by atoms with Gasteiger partial charge < -0.3 is 9.42 Å². The van der Waals surface area contributed by atoms with E-state index in [-0.39, 0.29) is 0 Å². The van der Waals surface area contributed by atoms with Crippen LogP contribution in [0.5, 0.6) is 0 Å². The van der Waals surface area contributed by atoms with Crippen molar-refractivity contribution in [2.24, 2.45) is 0 Å². The van der Waals surface area contributed by atoms with Gasteiger partial charge in [0.25, 0.3) is 0 Å². The summed E-state index contributed by atoms with van der Waals surface area (Å²) in [6, 6.07) is 5.88. The number of aromatic nitrogens is 5. The summed E-state index contributed by atoms with van der Waals surface area (Å²) in [6.07, 6.45) is 3.64. The van der Waals surface area contributed by atoms with Crippen molar-refractivity contribution >= 4 is 5.82 Å². The van der Waals surface area contributed by atoms with Crippen molar-refractivity contribution in [3.63, 3.8) is 0 Å². The number of aryl methyl sites for hydroxylation is 2. The lowest BCUT2D eigenvalue weighted by Gasteiger charge is -2.35. The number of nitrogens with zero attached hydrogens (tertiary/aromatic N) is 7. The van der Waals surface area contributed by atoms with Crippen LogP contribution in [0.3, 0.4) is 0 Å². The van der Waals surface area contributed by atoms with E-state index < -0.39 is 0 Å². The van der Waals surface area contributed by atoms with Crippen LogP contribution in [0.4, 0.5) is 5.82 Å². The van der Waals surface area contributed by atoms with Crippen molar-refractivity contribution in [2.75, 3.05) is 31.1 Å². The molecule has 3 aromatic heterocycles. The highest BCUT2D eigenvalue weighted by Gasteiger charge is 2.20. The van der Waals surface area contributed by atoms with Gasteiger partial charge in [0.2, 0.25) is 0 Å². The monoisotopic (exact) mass is 339 g/mol. The summed E-state index contributed by atoms with van der Waals surface area (Å²) < 4.78 is 6.91. The Kier molecular flexibility index (Phi) is 4.19. The topological polar surface area (TPSA) is 76.1 Å². The Balaban J connectivity index is 1.44. The molecule has 0 aromatic carbocycles. The summed E-state index contributed by atoms with van der Waals surface area (Å²) in [5, 5.41) is 8.34. The maximum atomic E-state index is 5.15. The summed E-state index contributed by atoms with van der Waals surface area (Å²) in [5.74, 6) is 3.36. The van der Waals surface area contributed by atoms with E-state index in [2.05, 4.69) is 30.0 Å². The zero-order chi connectivity index (χ0) is 17.2. The summed E-state index contributed by atoms with van der Waals surface area (Å²) in [5.41, 5.74) is 0.991. The minimum absolute atomic E-state index is 0.753. The Morgan fingerprint density at radius 2 is 1.84 bits per heavy atom. The minimum atomic E-state index is 0.753. The second kappa shape index (κ2) is 6.64. The van der Waals surface area contributed by atoms with Gasteiger partial charge in [-0.25, -0.2) is 14.6 Å². The summed E-state index contributed by atoms with van der Waals surface area (Å²) in [7, 11) is 0. The Labute approximate surface area is 146 Å². The average Bonchev–Trinajstić information content (AvgIpc) is 3.27. The SMILES string of the molecule is Cc1nc(N2CCN(Cc3cc(C)on3)CC2)cc(-n2cccn2)n1. The molecule has 0 atom stereocenters. The second-order valence-electron chi connectivity index (χ2n) is 6.27. The van der Waals surface area contributed by atoms with Crippen LogP contribution in [0.2, 0.25) is 0 Å². The first-order valence-corrected chi connectivity index (χ1v) is 8.42. The van der Waals surface area contributed by atoms with E-state index in [4.69, 9.17) is 4.52 Å². The molecule has 0 spiro atoms. The molecule has 4 rings (SSSR count). The van der Waals surface area contributed by atoms with Crippen LogP contribution >= 0.6 is 0 Å². The number of hydrogen-bond donors (Lipinski definition) is 0. The molecule has 0 bridgehead atoms. The molecule has 25 heavy (non-hydrogen) atoms. The minimum Gasteiger partial charge on any atom is -0.361 e. The van der Waals surface area contributed by atoms with Gasteiger partial charge in [0.1, 0.15) is 17.4 Å². The van der Waals surface area contributed by atoms with E-state index >= 15 is 0 Å². The molecule has 8 nitrogen and oxygen atoms in total. The molecule has 1 aliphatic rings. The first kappa shape index (κ1) is 15.8. The van der Waals surface area contributed by atoms with Crippen molar-refractivity contribution in [1.29, 1.82) is 0 Å². The fourth-order valence-corrected chi connectivity index (χ4v) is 3.08. The smallest absolute Gasteiger partial charge is 0.159 e. The highest BCUT2D eigenvalue weighted by molar-refractivity contribution is 5.44. The second-order valence-corrected chi connectivity index (χ2v) is 6.27. The van der Waals surface area contributed by atoms with Gasteiger partial charge in [-0.3, -0.25) is 4.90 Å². The molecule has 0 unspecified atom stereocenters. The molecule has 1 saturated heterocycles. The van der Waals surface area contributed by atoms with Gasteiger partial charge in [-0.2, -0.15) is 5.10 Å². The quantitative estimate of drug-likeness (QED) is 0.714. The lowest BCUT2D eigenvalue weighted by atomic mass is 10.2. The summed E-state index contributed by atoms with van der Waals surface area (Å²) in [4.78, 5) is 13.8. The van der Waals surface area contributed by atoms with Gasteiger partial charge >= 0.3 is 0 Å². The fraction of sp³-hybridized carbons (Fsp3) is 0.412. The van der Waals surface area contributed by atoms with Gasteiger partial charge in [0.15, 0.2) is 5.82 Å². The van der Waals surface area contributed by atoms with Crippen molar-refractivity contribution in [3.8, 4) is 5.82 Å². The highest BCUT2D eigenvalue weighted by Crippen LogP contribution is 2.18. The maximum Gasteiger partial charge on any atom is 0.159 e. The van der Waals surface area contributed by atoms with Crippen LogP contribution in [-0.4, -0.2) is 56.0 Å². The third kappa shape index (κ3) is 3.53. The standard InChI is InChI=1S/C17H21N7O/c1-13-10-15(21-25-13)12-22-6-8-23(9-7-22)16-11-17(20-14(2)19-16)24-5-3-4-18-24/h3-5,10-11H,6-9,12H2,1-2H3. The van der Waals surface area contributed by atoms with E-state index in [0.717, 1.165) is 61.6 Å². The van der Waals surface area contributed by atoms with Gasteiger partial charge in [0.05, 0.1) is 5.69 Å². The molecular weight excluding hydrogens is 318 g/mol. The maximum absolute atomic E-state index is 5.15. The van der Waals surface area contributed by atoms with Gasteiger partial charge in [-0.15, -0.1) is 0 Å². The average molecular weight is 339 g/mol. The van der Waals surface area contributed by atoms with Crippen LogP contribution in [0, 0.1) is 13.8 Å². The molecule has 0 amide bonds. The highest BCUT2D eigenvalue weighted by atomic mass is 16.5. The summed E-state index contributed by atoms with van der Waals surface area (Å²) in [6.45, 7) is 8.44. The normalized spacial score (nSPS) is 15.7. The Bertz CT molecular complexity index is 835. The van der Waals surface area contributed by atoms with E-state index in [1.165, 1.54) is 0 Å². The molecule has 3 aromatic rings. The first-order valence-electron chi connectivity index (χ1n) is 8.42. The number of piperazine rings is 1. The molecule has 1 fully saturated rings. The molecule has 0 N–H and O–H groups in total. The third-order valence-corrected chi connectivity index (χ3v) is 4.31. The fourth-order valence-electron chi connectivity index (χ4n) is 3.08. The summed E-state index contributed by atoms with van der Waals surface area (Å²) >= 11 is 0. The number of rotatable bonds is 4. The van der Waals surface area contributed by atoms with Crippen LogP contribution in [0.1, 0.15) is 17.3 Å². The van der Waals surface area contributed by atoms with Crippen LogP contribution in [-0.2, 0) is 6.54 Å². The Morgan fingerprint density at radius 3 is 2.52 bits per heavy atom. The van der Waals surface area contributed by atoms with Crippen molar-refractivity contribution in [2.45, 2.75) is 20.4 Å². The van der Waals surface area contributed by atoms with Crippen molar-refractivity contribution < 1.29 is 4.52 Å². The molecule has 4 heterocycles. The molecule has 0 radical (unpaired) electrons. The number of anilines is 1. The molecular formula is C17H21N7O. The third-order valence-electron chi connectivity index (χ3n) is 4.31. The van der Waals surface area contributed by atoms with Crippen LogP contribution < -0.4 is 4.90 Å². The van der Waals surface area contributed by atoms with Crippen molar-refractivity contribution in [3.05, 3.63) is 47.9 Å². The predicted octanol–water partition coefficient (Wildman–Crippen LogP) is 1.59. The predicted molar refractivity (Wildman–Crippen MR) is 92.6 cm³/mol. The largest absolute Gasteiger partial charge is 0.361 e. The van der Waals surface area contributed by atoms with E-state index in [1.807, 2.05) is 38.2 Å². The van der Waals surface area contributed by atoms with Gasteiger partial charge in [-0.1, -0.05) is 5.16 Å². The Hall–Kier alpha value is -2.74. The molecule has 0 aliphatic carbocycles. The van der Waals surface area contributed by atoms with Crippen LogP contribution in [0.15, 0.2) is 35.1 Å². The van der Waals surface area contributed by atoms with Crippen molar-refractivity contribution in [1.82, 2.24) is 29.8 Å². The molecule has 8 heteroatoms. The van der Waals surface area contributed by atoms with E-state index in [1.54, 1.807) is 10.9 Å². The lowest BCUT2D eigenvalue weighted by Crippen LogP contribution is -2.46. The number of hydrogen-bond acceptors (Lipinski definition) is 7. The lowest BCUT2D eigenvalue weighted by molar-refractivity contribution is 0.241.